The molecule has 4 heterocycles. The van der Waals surface area contributed by atoms with E-state index < -0.39 is 0 Å². The first kappa shape index (κ1) is 17.5. The molecular formula is C15H23Cl2N5. The molecule has 0 unspecified atom stereocenters. The van der Waals surface area contributed by atoms with E-state index in [-0.39, 0.29) is 24.8 Å². The lowest BCUT2D eigenvalue weighted by Crippen LogP contribution is -2.33. The van der Waals surface area contributed by atoms with E-state index >= 15 is 0 Å². The van der Waals surface area contributed by atoms with Gasteiger partial charge in [-0.3, -0.25) is 4.90 Å². The number of halogens is 2. The summed E-state index contributed by atoms with van der Waals surface area (Å²) in [6, 6.07) is 2.78. The van der Waals surface area contributed by atoms with Crippen LogP contribution >= 0.6 is 24.8 Å². The molecule has 22 heavy (non-hydrogen) atoms. The second-order valence-electron chi connectivity index (χ2n) is 6.19. The summed E-state index contributed by atoms with van der Waals surface area (Å²) in [5, 5.41) is 8.01. The number of fused-ring (bicyclic) bond motifs is 2. The van der Waals surface area contributed by atoms with Gasteiger partial charge in [-0.2, -0.15) is 5.10 Å². The van der Waals surface area contributed by atoms with Gasteiger partial charge in [-0.1, -0.05) is 0 Å². The highest BCUT2D eigenvalue weighted by atomic mass is 35.5. The molecule has 0 aliphatic carbocycles. The molecule has 0 spiro atoms. The second kappa shape index (κ2) is 6.71. The van der Waals surface area contributed by atoms with Crippen molar-refractivity contribution in [1.82, 2.24) is 24.8 Å². The number of nitrogens with one attached hydrogen (secondary N) is 1. The third-order valence-electron chi connectivity index (χ3n) is 4.78. The van der Waals surface area contributed by atoms with Crippen molar-refractivity contribution >= 4 is 30.5 Å². The summed E-state index contributed by atoms with van der Waals surface area (Å²) >= 11 is 0. The van der Waals surface area contributed by atoms with Crippen LogP contribution in [-0.4, -0.2) is 45.2 Å². The zero-order valence-electron chi connectivity index (χ0n) is 13.0. The maximum atomic E-state index is 4.68. The van der Waals surface area contributed by atoms with Gasteiger partial charge in [0.2, 0.25) is 0 Å². The minimum absolute atomic E-state index is 0. The molecule has 0 amide bonds. The molecule has 2 aliphatic rings. The van der Waals surface area contributed by atoms with E-state index in [2.05, 4.69) is 40.2 Å². The summed E-state index contributed by atoms with van der Waals surface area (Å²) in [6.45, 7) is 8.64. The topological polar surface area (TPSA) is 45.5 Å². The van der Waals surface area contributed by atoms with Crippen molar-refractivity contribution in [2.75, 3.05) is 19.6 Å². The first-order chi connectivity index (χ1) is 9.72. The number of rotatable bonds is 2. The zero-order valence-corrected chi connectivity index (χ0v) is 14.6. The van der Waals surface area contributed by atoms with Gasteiger partial charge < -0.3 is 5.32 Å². The van der Waals surface area contributed by atoms with Crippen LogP contribution in [0.1, 0.15) is 23.4 Å². The molecule has 7 heteroatoms. The van der Waals surface area contributed by atoms with Gasteiger partial charge in [-0.05, 0) is 45.3 Å². The van der Waals surface area contributed by atoms with Gasteiger partial charge in [0.25, 0.3) is 0 Å². The van der Waals surface area contributed by atoms with Gasteiger partial charge in [0.05, 0.1) is 6.20 Å². The van der Waals surface area contributed by atoms with Crippen LogP contribution in [0.4, 0.5) is 0 Å². The van der Waals surface area contributed by atoms with Gasteiger partial charge >= 0.3 is 0 Å². The van der Waals surface area contributed by atoms with Crippen LogP contribution in [0.2, 0.25) is 0 Å². The average molecular weight is 344 g/mol. The van der Waals surface area contributed by atoms with Crippen molar-refractivity contribution in [3.05, 3.63) is 29.2 Å². The minimum Gasteiger partial charge on any atom is -0.315 e. The highest BCUT2D eigenvalue weighted by Crippen LogP contribution is 2.29. The lowest BCUT2D eigenvalue weighted by atomic mass is 10.1. The van der Waals surface area contributed by atoms with Crippen LogP contribution < -0.4 is 5.32 Å². The average Bonchev–Trinajstić information content (AvgIpc) is 3.07. The molecule has 2 fully saturated rings. The summed E-state index contributed by atoms with van der Waals surface area (Å²) in [5.74, 6) is 0.841. The Labute approximate surface area is 143 Å². The Kier molecular flexibility index (Phi) is 5.33. The molecule has 0 aromatic carbocycles. The van der Waals surface area contributed by atoms with Gasteiger partial charge in [-0.15, -0.1) is 24.8 Å². The van der Waals surface area contributed by atoms with Gasteiger partial charge in [-0.25, -0.2) is 9.50 Å². The van der Waals surface area contributed by atoms with E-state index in [4.69, 9.17) is 0 Å². The molecular weight excluding hydrogens is 321 g/mol. The molecule has 0 saturated carbocycles. The summed E-state index contributed by atoms with van der Waals surface area (Å²) in [4.78, 5) is 7.28. The van der Waals surface area contributed by atoms with E-state index in [1.807, 2.05) is 10.7 Å². The first-order valence-electron chi connectivity index (χ1n) is 7.48. The van der Waals surface area contributed by atoms with Crippen LogP contribution in [0.15, 0.2) is 12.3 Å². The van der Waals surface area contributed by atoms with Crippen molar-refractivity contribution in [3.8, 4) is 0 Å². The molecule has 5 nitrogen and oxygen atoms in total. The quantitative estimate of drug-likeness (QED) is 0.905. The van der Waals surface area contributed by atoms with E-state index in [9.17, 15) is 0 Å². The molecule has 2 aliphatic heterocycles. The number of hydrogen-bond acceptors (Lipinski definition) is 4. The zero-order chi connectivity index (χ0) is 13.7. The van der Waals surface area contributed by atoms with Crippen molar-refractivity contribution in [2.45, 2.75) is 32.9 Å². The summed E-state index contributed by atoms with van der Waals surface area (Å²) in [7, 11) is 0. The monoisotopic (exact) mass is 343 g/mol. The number of aromatic nitrogens is 3. The molecule has 2 aromatic rings. The van der Waals surface area contributed by atoms with Crippen molar-refractivity contribution in [1.29, 1.82) is 0 Å². The van der Waals surface area contributed by atoms with Crippen molar-refractivity contribution in [2.24, 2.45) is 5.92 Å². The minimum atomic E-state index is 0. The summed E-state index contributed by atoms with van der Waals surface area (Å²) in [5.41, 5.74) is 4.50. The third kappa shape index (κ3) is 2.83. The van der Waals surface area contributed by atoms with E-state index in [0.717, 1.165) is 36.0 Å². The fourth-order valence-corrected chi connectivity index (χ4v) is 3.78. The largest absolute Gasteiger partial charge is 0.315 e. The molecule has 0 bridgehead atoms. The molecule has 2 atom stereocenters. The van der Waals surface area contributed by atoms with Crippen molar-refractivity contribution < 1.29 is 0 Å². The number of likely N-dealkylation sites (tertiary alicyclic amines) is 1. The summed E-state index contributed by atoms with van der Waals surface area (Å²) < 4.78 is 1.96. The first-order valence-corrected chi connectivity index (χ1v) is 7.48. The van der Waals surface area contributed by atoms with Gasteiger partial charge in [0.1, 0.15) is 0 Å². The van der Waals surface area contributed by atoms with Crippen molar-refractivity contribution in [3.63, 3.8) is 0 Å². The molecule has 2 aromatic heterocycles. The van der Waals surface area contributed by atoms with Crippen LogP contribution in [-0.2, 0) is 6.54 Å². The second-order valence-corrected chi connectivity index (χ2v) is 6.19. The number of hydrogen-bond donors (Lipinski definition) is 1. The Bertz CT molecular complexity index is 657. The number of aryl methyl sites for hydroxylation is 2. The van der Waals surface area contributed by atoms with E-state index in [0.29, 0.717) is 6.04 Å². The third-order valence-corrected chi connectivity index (χ3v) is 4.78. The van der Waals surface area contributed by atoms with Gasteiger partial charge in [0.15, 0.2) is 5.65 Å². The van der Waals surface area contributed by atoms with Crippen LogP contribution in [0.3, 0.4) is 0 Å². The lowest BCUT2D eigenvalue weighted by molar-refractivity contribution is 0.244. The molecule has 0 radical (unpaired) electrons. The Hall–Kier alpha value is -0.880. The fourth-order valence-electron chi connectivity index (χ4n) is 3.78. The normalized spacial score (nSPS) is 24.1. The Morgan fingerprint density at radius 1 is 1.27 bits per heavy atom. The Balaban J connectivity index is 0.000000882. The Morgan fingerprint density at radius 2 is 2.09 bits per heavy atom. The van der Waals surface area contributed by atoms with E-state index in [1.165, 1.54) is 25.1 Å². The smallest absolute Gasteiger partial charge is 0.159 e. The SMILES string of the molecule is Cc1cc(C)n2ncc(CN3CC[C@H]4CNC[C@H]43)c2n1.Cl.Cl. The highest BCUT2D eigenvalue weighted by Gasteiger charge is 2.37. The maximum Gasteiger partial charge on any atom is 0.159 e. The Morgan fingerprint density at radius 3 is 2.91 bits per heavy atom. The van der Waals surface area contributed by atoms with Crippen LogP contribution in [0.5, 0.6) is 0 Å². The molecule has 1 N–H and O–H groups in total. The predicted octanol–water partition coefficient (Wildman–Crippen LogP) is 1.98. The van der Waals surface area contributed by atoms with E-state index in [1.54, 1.807) is 0 Å². The molecule has 122 valence electrons. The predicted molar refractivity (Wildman–Crippen MR) is 92.1 cm³/mol. The highest BCUT2D eigenvalue weighted by molar-refractivity contribution is 5.85. The van der Waals surface area contributed by atoms with Gasteiger partial charge in [0, 0.05) is 36.1 Å². The molecule has 4 rings (SSSR count). The fraction of sp³-hybridized carbons (Fsp3) is 0.600. The van der Waals surface area contributed by atoms with Crippen LogP contribution in [0.25, 0.3) is 5.65 Å². The summed E-state index contributed by atoms with van der Waals surface area (Å²) in [6.07, 6.45) is 3.31. The van der Waals surface area contributed by atoms with Crippen LogP contribution in [0, 0.1) is 19.8 Å². The molecule has 2 saturated heterocycles. The lowest BCUT2D eigenvalue weighted by Gasteiger charge is -2.22. The number of nitrogens with zero attached hydrogens (tertiary/aromatic N) is 4. The maximum absolute atomic E-state index is 4.68. The standard InChI is InChI=1S/C15H21N5.2ClH/c1-10-5-11(2)20-15(18-10)13(7-17-20)9-19-4-3-12-6-16-8-14(12)19;;/h5,7,12,14,16H,3-4,6,8-9H2,1-2H3;2*1H/t12-,14+;;/m0../s1.